The van der Waals surface area contributed by atoms with Gasteiger partial charge in [-0.3, -0.25) is 0 Å². The van der Waals surface area contributed by atoms with Crippen LogP contribution in [0.25, 0.3) is 38.4 Å². The fourth-order valence-electron chi connectivity index (χ4n) is 6.56. The predicted molar refractivity (Wildman–Crippen MR) is 161 cm³/mol. The predicted octanol–water partition coefficient (Wildman–Crippen LogP) is 6.12. The number of rotatable bonds is 5. The van der Waals surface area contributed by atoms with E-state index in [9.17, 15) is 5.11 Å². The van der Waals surface area contributed by atoms with Gasteiger partial charge >= 0.3 is 6.01 Å². The van der Waals surface area contributed by atoms with Gasteiger partial charge in [0.15, 0.2) is 5.82 Å². The van der Waals surface area contributed by atoms with Crippen LogP contribution in [0.2, 0.25) is 5.02 Å². The molecular weight excluding hydrogens is 555 g/mol. The van der Waals surface area contributed by atoms with E-state index in [0.29, 0.717) is 16.8 Å². The Kier molecular flexibility index (Phi) is 5.90. The zero-order valence-electron chi connectivity index (χ0n) is 22.5. The van der Waals surface area contributed by atoms with E-state index in [2.05, 4.69) is 20.2 Å². The number of phenolic OH excluding ortho intramolecular Hbond substituents is 1. The van der Waals surface area contributed by atoms with Crippen molar-refractivity contribution in [3.05, 3.63) is 89.6 Å². The largest absolute Gasteiger partial charge is 0.508 e. The van der Waals surface area contributed by atoms with Crippen molar-refractivity contribution < 1.29 is 14.2 Å². The molecule has 210 valence electrons. The second kappa shape index (κ2) is 9.82. The highest BCUT2D eigenvalue weighted by Gasteiger charge is 2.39. The van der Waals surface area contributed by atoms with Gasteiger partial charge in [-0.1, -0.05) is 41.9 Å². The van der Waals surface area contributed by atoms with E-state index in [4.69, 9.17) is 21.3 Å². The lowest BCUT2D eigenvalue weighted by molar-refractivity contribution is 0.282. The van der Waals surface area contributed by atoms with Crippen LogP contribution in [0.1, 0.15) is 18.4 Å². The number of pyridine rings is 1. The molecule has 5 heterocycles. The van der Waals surface area contributed by atoms with Gasteiger partial charge in [0.05, 0.1) is 5.02 Å². The van der Waals surface area contributed by atoms with Crippen LogP contribution in [0.15, 0.2) is 73.2 Å². The van der Waals surface area contributed by atoms with Gasteiger partial charge in [0.1, 0.15) is 29.3 Å². The number of nitrogens with zero attached hydrogens (tertiary/aromatic N) is 5. The Hall–Kier alpha value is -4.47. The van der Waals surface area contributed by atoms with Crippen molar-refractivity contribution in [3.8, 4) is 22.9 Å². The molecule has 0 radical (unpaired) electrons. The number of aromatic nitrogens is 4. The summed E-state index contributed by atoms with van der Waals surface area (Å²) in [6.45, 7) is 1.81. The first-order valence-electron chi connectivity index (χ1n) is 14.0. The number of benzene rings is 3. The van der Waals surface area contributed by atoms with E-state index >= 15 is 4.39 Å². The molecule has 0 aliphatic carbocycles. The third-order valence-corrected chi connectivity index (χ3v) is 8.74. The van der Waals surface area contributed by atoms with Crippen LogP contribution in [0, 0.1) is 5.82 Å². The maximum atomic E-state index is 16.8. The lowest BCUT2D eigenvalue weighted by Crippen LogP contribution is -2.52. The van der Waals surface area contributed by atoms with Crippen molar-refractivity contribution in [3.63, 3.8) is 0 Å². The lowest BCUT2D eigenvalue weighted by atomic mass is 9.96. The summed E-state index contributed by atoms with van der Waals surface area (Å²) in [7, 11) is 0. The molecule has 2 aliphatic heterocycles. The maximum absolute atomic E-state index is 16.8. The smallest absolute Gasteiger partial charge is 0.319 e. The third-order valence-electron chi connectivity index (χ3n) is 8.44. The number of fused-ring (bicyclic) bond motifs is 5. The quantitative estimate of drug-likeness (QED) is 0.254. The van der Waals surface area contributed by atoms with E-state index in [1.807, 2.05) is 53.2 Å². The lowest BCUT2D eigenvalue weighted by Gasteiger charge is -2.37. The number of imidazole rings is 1. The summed E-state index contributed by atoms with van der Waals surface area (Å²) >= 11 is 6.87. The number of hydrogen-bond acceptors (Lipinski definition) is 7. The van der Waals surface area contributed by atoms with Crippen molar-refractivity contribution >= 4 is 44.7 Å². The van der Waals surface area contributed by atoms with Crippen molar-refractivity contribution in [2.75, 3.05) is 18.0 Å². The highest BCUT2D eigenvalue weighted by molar-refractivity contribution is 6.35. The van der Waals surface area contributed by atoms with Gasteiger partial charge in [-0.25, -0.2) is 9.37 Å². The van der Waals surface area contributed by atoms with E-state index in [1.54, 1.807) is 24.4 Å². The van der Waals surface area contributed by atoms with Crippen molar-refractivity contribution in [1.82, 2.24) is 24.7 Å². The Balaban J connectivity index is 1.32. The van der Waals surface area contributed by atoms with Crippen molar-refractivity contribution in [2.24, 2.45) is 0 Å². The molecule has 10 heteroatoms. The van der Waals surface area contributed by atoms with Crippen LogP contribution in [0.5, 0.6) is 11.8 Å². The van der Waals surface area contributed by atoms with Crippen LogP contribution in [-0.4, -0.2) is 49.6 Å². The number of aromatic hydroxyl groups is 1. The summed E-state index contributed by atoms with van der Waals surface area (Å²) < 4.78 is 24.9. The average molecular weight is 581 g/mol. The highest BCUT2D eigenvalue weighted by atomic mass is 35.5. The minimum absolute atomic E-state index is 0.0252. The number of anilines is 1. The molecule has 8 rings (SSSR count). The topological polar surface area (TPSA) is 87.8 Å². The summed E-state index contributed by atoms with van der Waals surface area (Å²) in [6.07, 6.45) is 7.56. The molecule has 2 atom stereocenters. The molecule has 3 aromatic carbocycles. The summed E-state index contributed by atoms with van der Waals surface area (Å²) in [5, 5.41) is 16.3. The highest BCUT2D eigenvalue weighted by Crippen LogP contribution is 2.44. The van der Waals surface area contributed by atoms with Crippen molar-refractivity contribution in [1.29, 1.82) is 0 Å². The molecule has 8 nitrogen and oxygen atoms in total. The second-order valence-corrected chi connectivity index (χ2v) is 11.3. The van der Waals surface area contributed by atoms with Crippen LogP contribution in [0.4, 0.5) is 10.2 Å². The zero-order valence-corrected chi connectivity index (χ0v) is 23.2. The van der Waals surface area contributed by atoms with Gasteiger partial charge in [-0.05, 0) is 53.4 Å². The van der Waals surface area contributed by atoms with Gasteiger partial charge in [0, 0.05) is 60.3 Å². The molecule has 0 spiro atoms. The first kappa shape index (κ1) is 25.3. The summed E-state index contributed by atoms with van der Waals surface area (Å²) in [5.41, 5.74) is 2.43. The number of hydrogen-bond donors (Lipinski definition) is 2. The van der Waals surface area contributed by atoms with Gasteiger partial charge in [-0.15, -0.1) is 0 Å². The number of piperazine rings is 1. The fourth-order valence-corrected chi connectivity index (χ4v) is 6.85. The monoisotopic (exact) mass is 580 g/mol. The SMILES string of the molecule is Oc1cc(-c2c(Cl)cc3c(N4C5CCC4CNC5)nc(OCc4cccn5ccnc45)nc3c2F)c2ccccc2c1. The van der Waals surface area contributed by atoms with Crippen LogP contribution >= 0.6 is 11.6 Å². The molecule has 0 saturated carbocycles. The molecule has 0 amide bonds. The molecule has 2 N–H and O–H groups in total. The average Bonchev–Trinajstić information content (AvgIpc) is 3.57. The number of ether oxygens (including phenoxy) is 1. The van der Waals surface area contributed by atoms with Crippen LogP contribution < -0.4 is 15.0 Å². The third kappa shape index (κ3) is 4.03. The summed E-state index contributed by atoms with van der Waals surface area (Å²) in [4.78, 5) is 16.2. The summed E-state index contributed by atoms with van der Waals surface area (Å²) in [6, 6.07) is 16.8. The molecule has 2 saturated heterocycles. The number of halogens is 2. The second-order valence-electron chi connectivity index (χ2n) is 10.9. The van der Waals surface area contributed by atoms with Gasteiger partial charge in [0.25, 0.3) is 0 Å². The fraction of sp³-hybridized carbons (Fsp3) is 0.219. The van der Waals surface area contributed by atoms with Crippen LogP contribution in [0.3, 0.4) is 0 Å². The minimum Gasteiger partial charge on any atom is -0.508 e. The minimum atomic E-state index is -0.584. The number of nitrogens with one attached hydrogen (secondary N) is 1. The Bertz CT molecular complexity index is 2000. The Morgan fingerprint density at radius 1 is 1.00 bits per heavy atom. The van der Waals surface area contributed by atoms with Crippen LogP contribution in [-0.2, 0) is 6.61 Å². The van der Waals surface area contributed by atoms with Crippen molar-refractivity contribution in [2.45, 2.75) is 31.5 Å². The van der Waals surface area contributed by atoms with Gasteiger partial charge in [0.2, 0.25) is 0 Å². The Morgan fingerprint density at radius 2 is 1.83 bits per heavy atom. The Morgan fingerprint density at radius 3 is 2.69 bits per heavy atom. The van der Waals surface area contributed by atoms with E-state index in [0.717, 1.165) is 47.9 Å². The first-order valence-corrected chi connectivity index (χ1v) is 14.4. The zero-order chi connectivity index (χ0) is 28.4. The molecule has 2 bridgehead atoms. The molecule has 2 unspecified atom stereocenters. The molecule has 42 heavy (non-hydrogen) atoms. The molecule has 3 aromatic heterocycles. The van der Waals surface area contributed by atoms with E-state index in [-0.39, 0.29) is 46.6 Å². The van der Waals surface area contributed by atoms with Gasteiger partial charge < -0.3 is 24.5 Å². The van der Waals surface area contributed by atoms with E-state index < -0.39 is 5.82 Å². The summed E-state index contributed by atoms with van der Waals surface area (Å²) in [5.74, 6) is 0.0629. The standard InChI is InChI=1S/C32H26ClFN6O2/c33-26-14-25-29(28(34)27(26)24-13-22(41)12-18-4-1-2-6-23(18)24)37-32(38-31(25)40-20-7-8-21(40)16-35-15-20)42-17-19-5-3-10-39-11-9-36-30(19)39/h1-6,9-14,20-21,35,41H,7-8,15-17H2. The van der Waals surface area contributed by atoms with Gasteiger partial charge in [-0.2, -0.15) is 9.97 Å². The Labute approximate surface area is 245 Å². The van der Waals surface area contributed by atoms with E-state index in [1.165, 1.54) is 0 Å². The molecule has 6 aromatic rings. The molecule has 2 fully saturated rings. The molecule has 2 aliphatic rings. The normalized spacial score (nSPS) is 18.4. The maximum Gasteiger partial charge on any atom is 0.319 e. The molecular formula is C32H26ClFN6O2. The first-order chi connectivity index (χ1) is 20.5. The number of phenols is 1.